The highest BCUT2D eigenvalue weighted by atomic mass is 19.1. The molecule has 0 aliphatic carbocycles. The van der Waals surface area contributed by atoms with Gasteiger partial charge in [0.2, 0.25) is 0 Å². The second kappa shape index (κ2) is 8.13. The molecule has 0 saturated heterocycles. The summed E-state index contributed by atoms with van der Waals surface area (Å²) < 4.78 is 23.6. The highest BCUT2D eigenvalue weighted by Crippen LogP contribution is 2.29. The van der Waals surface area contributed by atoms with Gasteiger partial charge in [-0.2, -0.15) is 0 Å². The van der Waals surface area contributed by atoms with Crippen LogP contribution >= 0.6 is 0 Å². The lowest BCUT2D eigenvalue weighted by molar-refractivity contribution is 0.102. The molecule has 1 aromatic heterocycles. The van der Waals surface area contributed by atoms with E-state index in [1.807, 2.05) is 0 Å². The number of aromatic nitrogens is 2. The lowest BCUT2D eigenvalue weighted by Gasteiger charge is -2.11. The fourth-order valence-electron chi connectivity index (χ4n) is 2.32. The summed E-state index contributed by atoms with van der Waals surface area (Å²) >= 11 is 0. The number of hydrogen-bond acceptors (Lipinski definition) is 6. The van der Waals surface area contributed by atoms with Crippen molar-refractivity contribution in [3.8, 4) is 11.5 Å². The molecule has 8 heteroatoms. The molecule has 0 bridgehead atoms. The van der Waals surface area contributed by atoms with Crippen molar-refractivity contribution >= 4 is 23.1 Å². The van der Waals surface area contributed by atoms with Crippen molar-refractivity contribution in [1.82, 2.24) is 10.2 Å². The Morgan fingerprint density at radius 3 is 2.52 bits per heavy atom. The molecule has 1 heterocycles. The molecule has 27 heavy (non-hydrogen) atoms. The Balaban J connectivity index is 1.71. The number of rotatable bonds is 6. The van der Waals surface area contributed by atoms with Crippen molar-refractivity contribution in [1.29, 1.82) is 0 Å². The minimum atomic E-state index is -0.441. The van der Waals surface area contributed by atoms with E-state index in [9.17, 15) is 9.18 Å². The van der Waals surface area contributed by atoms with Crippen LogP contribution in [-0.4, -0.2) is 30.3 Å². The molecule has 0 radical (unpaired) electrons. The molecule has 2 N–H and O–H groups in total. The monoisotopic (exact) mass is 368 g/mol. The average molecular weight is 368 g/mol. The zero-order valence-electron chi connectivity index (χ0n) is 14.7. The Labute approximate surface area is 155 Å². The molecule has 0 unspecified atom stereocenters. The SMILES string of the molecule is COc1ccc(NC(=O)c2ccc(Nc3cccc(F)c3)nn2)c(OC)c1. The van der Waals surface area contributed by atoms with Crippen LogP contribution < -0.4 is 20.1 Å². The number of amides is 1. The van der Waals surface area contributed by atoms with Gasteiger partial charge in [0.05, 0.1) is 19.9 Å². The summed E-state index contributed by atoms with van der Waals surface area (Å²) in [6, 6.07) is 14.1. The predicted octanol–water partition coefficient (Wildman–Crippen LogP) is 3.63. The second-order valence-electron chi connectivity index (χ2n) is 5.46. The van der Waals surface area contributed by atoms with E-state index in [2.05, 4.69) is 20.8 Å². The summed E-state index contributed by atoms with van der Waals surface area (Å²) in [5.74, 6) is 0.650. The number of nitrogens with one attached hydrogen (secondary N) is 2. The first-order valence-corrected chi connectivity index (χ1v) is 7.99. The second-order valence-corrected chi connectivity index (χ2v) is 5.46. The van der Waals surface area contributed by atoms with Gasteiger partial charge in [0.15, 0.2) is 11.5 Å². The van der Waals surface area contributed by atoms with Gasteiger partial charge in [0.1, 0.15) is 17.3 Å². The standard InChI is InChI=1S/C19H17FN4O3/c1-26-14-6-7-15(17(11-14)27-2)22-19(25)16-8-9-18(24-23-16)21-13-5-3-4-12(20)10-13/h3-11H,1-2H3,(H,21,24)(H,22,25). The quantitative estimate of drug-likeness (QED) is 0.691. The van der Waals surface area contributed by atoms with Gasteiger partial charge >= 0.3 is 0 Å². The number of nitrogens with zero attached hydrogens (tertiary/aromatic N) is 2. The number of carbonyl (C=O) groups is 1. The topological polar surface area (TPSA) is 85.4 Å². The smallest absolute Gasteiger partial charge is 0.276 e. The van der Waals surface area contributed by atoms with E-state index in [4.69, 9.17) is 9.47 Å². The molecule has 7 nitrogen and oxygen atoms in total. The number of carbonyl (C=O) groups excluding carboxylic acids is 1. The van der Waals surface area contributed by atoms with Crippen molar-refractivity contribution in [3.05, 3.63) is 66.1 Å². The van der Waals surface area contributed by atoms with E-state index in [1.54, 1.807) is 43.5 Å². The van der Waals surface area contributed by atoms with E-state index in [0.29, 0.717) is 28.7 Å². The van der Waals surface area contributed by atoms with Crippen LogP contribution in [0, 0.1) is 5.82 Å². The van der Waals surface area contributed by atoms with Gasteiger partial charge in [0, 0.05) is 11.8 Å². The van der Waals surface area contributed by atoms with Crippen LogP contribution in [0.4, 0.5) is 21.6 Å². The maximum atomic E-state index is 13.2. The number of anilines is 3. The molecule has 3 aromatic rings. The summed E-state index contributed by atoms with van der Waals surface area (Å²) in [5, 5.41) is 13.5. The van der Waals surface area contributed by atoms with Crippen LogP contribution in [0.1, 0.15) is 10.5 Å². The van der Waals surface area contributed by atoms with Crippen molar-refractivity contribution in [2.75, 3.05) is 24.9 Å². The molecule has 0 aliphatic rings. The van der Waals surface area contributed by atoms with Crippen molar-refractivity contribution < 1.29 is 18.7 Å². The highest BCUT2D eigenvalue weighted by Gasteiger charge is 2.12. The average Bonchev–Trinajstić information content (AvgIpc) is 2.69. The molecule has 0 aliphatic heterocycles. The van der Waals surface area contributed by atoms with Gasteiger partial charge in [-0.05, 0) is 42.5 Å². The number of halogens is 1. The number of methoxy groups -OCH3 is 2. The van der Waals surface area contributed by atoms with Crippen molar-refractivity contribution in [2.45, 2.75) is 0 Å². The normalized spacial score (nSPS) is 10.2. The van der Waals surface area contributed by atoms with Gasteiger partial charge in [-0.3, -0.25) is 4.79 Å². The largest absolute Gasteiger partial charge is 0.497 e. The summed E-state index contributed by atoms with van der Waals surface area (Å²) in [5.41, 5.74) is 1.13. The molecule has 0 spiro atoms. The maximum absolute atomic E-state index is 13.2. The predicted molar refractivity (Wildman–Crippen MR) is 99.2 cm³/mol. The Bertz CT molecular complexity index is 948. The zero-order chi connectivity index (χ0) is 19.2. The lowest BCUT2D eigenvalue weighted by atomic mass is 10.2. The van der Waals surface area contributed by atoms with Gasteiger partial charge < -0.3 is 20.1 Å². The van der Waals surface area contributed by atoms with Crippen LogP contribution in [0.25, 0.3) is 0 Å². The Kier molecular flexibility index (Phi) is 5.46. The van der Waals surface area contributed by atoms with E-state index in [0.717, 1.165) is 0 Å². The third-order valence-corrected chi connectivity index (χ3v) is 3.65. The molecular weight excluding hydrogens is 351 g/mol. The van der Waals surface area contributed by atoms with Crippen LogP contribution in [0.5, 0.6) is 11.5 Å². The third-order valence-electron chi connectivity index (χ3n) is 3.65. The summed E-state index contributed by atoms with van der Waals surface area (Å²) in [6.45, 7) is 0. The maximum Gasteiger partial charge on any atom is 0.276 e. The number of benzene rings is 2. The first-order chi connectivity index (χ1) is 13.1. The fraction of sp³-hybridized carbons (Fsp3) is 0.105. The van der Waals surface area contributed by atoms with Gasteiger partial charge in [-0.25, -0.2) is 4.39 Å². The first kappa shape index (κ1) is 18.1. The highest BCUT2D eigenvalue weighted by molar-refractivity contribution is 6.03. The Morgan fingerprint density at radius 2 is 1.85 bits per heavy atom. The summed E-state index contributed by atoms with van der Waals surface area (Å²) in [4.78, 5) is 12.4. The van der Waals surface area contributed by atoms with E-state index in [-0.39, 0.29) is 11.5 Å². The van der Waals surface area contributed by atoms with Crippen LogP contribution in [-0.2, 0) is 0 Å². The van der Waals surface area contributed by atoms with Gasteiger partial charge in [-0.15, -0.1) is 10.2 Å². The summed E-state index contributed by atoms with van der Waals surface area (Å²) in [7, 11) is 3.04. The number of ether oxygens (including phenoxy) is 2. The first-order valence-electron chi connectivity index (χ1n) is 7.99. The van der Waals surface area contributed by atoms with Gasteiger partial charge in [0.25, 0.3) is 5.91 Å². The van der Waals surface area contributed by atoms with E-state index < -0.39 is 5.91 Å². The molecule has 3 rings (SSSR count). The molecular formula is C19H17FN4O3. The molecule has 0 atom stereocenters. The van der Waals surface area contributed by atoms with E-state index >= 15 is 0 Å². The van der Waals surface area contributed by atoms with E-state index in [1.165, 1.54) is 25.3 Å². The van der Waals surface area contributed by atoms with Gasteiger partial charge in [-0.1, -0.05) is 6.07 Å². The molecule has 0 fully saturated rings. The minimum Gasteiger partial charge on any atom is -0.497 e. The minimum absolute atomic E-state index is 0.123. The molecule has 2 aromatic carbocycles. The Morgan fingerprint density at radius 1 is 1.00 bits per heavy atom. The zero-order valence-corrected chi connectivity index (χ0v) is 14.7. The molecule has 138 valence electrons. The third kappa shape index (κ3) is 4.49. The molecule has 0 saturated carbocycles. The van der Waals surface area contributed by atoms with Crippen LogP contribution in [0.3, 0.4) is 0 Å². The van der Waals surface area contributed by atoms with Crippen LogP contribution in [0.15, 0.2) is 54.6 Å². The summed E-state index contributed by atoms with van der Waals surface area (Å²) in [6.07, 6.45) is 0. The number of hydrogen-bond donors (Lipinski definition) is 2. The van der Waals surface area contributed by atoms with Crippen molar-refractivity contribution in [3.63, 3.8) is 0 Å². The van der Waals surface area contributed by atoms with Crippen molar-refractivity contribution in [2.24, 2.45) is 0 Å². The van der Waals surface area contributed by atoms with Crippen LogP contribution in [0.2, 0.25) is 0 Å². The lowest BCUT2D eigenvalue weighted by Crippen LogP contribution is -2.15. The molecule has 1 amide bonds. The Hall–Kier alpha value is -3.68. The fourth-order valence-corrected chi connectivity index (χ4v) is 2.32.